The summed E-state index contributed by atoms with van der Waals surface area (Å²) >= 11 is 0. The van der Waals surface area contributed by atoms with E-state index in [0.29, 0.717) is 11.4 Å². The highest BCUT2D eigenvalue weighted by molar-refractivity contribution is 5.85. The number of hydrogen-bond acceptors (Lipinski definition) is 4. The van der Waals surface area contributed by atoms with Crippen molar-refractivity contribution in [3.63, 3.8) is 0 Å². The molecule has 2 aromatic rings. The lowest BCUT2D eigenvalue weighted by atomic mass is 10.1. The van der Waals surface area contributed by atoms with Gasteiger partial charge in [0.25, 0.3) is 5.56 Å². The molecule has 6 heteroatoms. The summed E-state index contributed by atoms with van der Waals surface area (Å²) in [5, 5.41) is 12.9. The minimum atomic E-state index is -1.12. The zero-order valence-electron chi connectivity index (χ0n) is 12.5. The molecule has 0 amide bonds. The number of carboxylic acids is 1. The summed E-state index contributed by atoms with van der Waals surface area (Å²) in [6, 6.07) is 7.19. The van der Waals surface area contributed by atoms with Crippen LogP contribution in [0.5, 0.6) is 5.75 Å². The smallest absolute Gasteiger partial charge is 0.328 e. The van der Waals surface area contributed by atoms with E-state index in [1.165, 1.54) is 17.8 Å². The van der Waals surface area contributed by atoms with Crippen molar-refractivity contribution in [3.8, 4) is 17.0 Å². The van der Waals surface area contributed by atoms with Crippen molar-refractivity contribution in [2.24, 2.45) is 7.05 Å². The van der Waals surface area contributed by atoms with Crippen LogP contribution in [0.4, 0.5) is 0 Å². The SMILES string of the molecule is COc1ccc(C)cc1-c1cc(/C=C/C(=O)O)c(=O)n(C)n1. The molecule has 0 saturated heterocycles. The molecule has 1 aromatic carbocycles. The number of hydrogen-bond donors (Lipinski definition) is 1. The number of carbonyl (C=O) groups is 1. The monoisotopic (exact) mass is 300 g/mol. The largest absolute Gasteiger partial charge is 0.496 e. The Hall–Kier alpha value is -2.89. The molecule has 114 valence electrons. The van der Waals surface area contributed by atoms with Gasteiger partial charge >= 0.3 is 5.97 Å². The minimum Gasteiger partial charge on any atom is -0.496 e. The van der Waals surface area contributed by atoms with E-state index < -0.39 is 5.97 Å². The van der Waals surface area contributed by atoms with E-state index in [4.69, 9.17) is 9.84 Å². The molecule has 1 N–H and O–H groups in total. The van der Waals surface area contributed by atoms with Crippen molar-refractivity contribution in [2.45, 2.75) is 6.92 Å². The van der Waals surface area contributed by atoms with Crippen LogP contribution in [0.25, 0.3) is 17.3 Å². The van der Waals surface area contributed by atoms with Crippen LogP contribution in [0.2, 0.25) is 0 Å². The second-order valence-electron chi connectivity index (χ2n) is 4.79. The molecule has 0 unspecified atom stereocenters. The van der Waals surface area contributed by atoms with E-state index >= 15 is 0 Å². The van der Waals surface area contributed by atoms with Gasteiger partial charge in [0.1, 0.15) is 5.75 Å². The Labute approximate surface area is 127 Å². The molecule has 1 heterocycles. The Morgan fingerprint density at radius 1 is 1.36 bits per heavy atom. The second-order valence-corrected chi connectivity index (χ2v) is 4.79. The zero-order valence-corrected chi connectivity index (χ0v) is 12.5. The molecule has 1 aromatic heterocycles. The number of carboxylic acid groups (broad SMARTS) is 1. The molecule has 0 bridgehead atoms. The molecule has 0 aliphatic heterocycles. The number of ether oxygens (including phenoxy) is 1. The lowest BCUT2D eigenvalue weighted by molar-refractivity contribution is -0.131. The van der Waals surface area contributed by atoms with Gasteiger partial charge in [-0.2, -0.15) is 5.10 Å². The van der Waals surface area contributed by atoms with Gasteiger partial charge in [0.05, 0.1) is 12.8 Å². The third kappa shape index (κ3) is 3.22. The van der Waals surface area contributed by atoms with Crippen molar-refractivity contribution >= 4 is 12.0 Å². The predicted molar refractivity (Wildman–Crippen MR) is 82.9 cm³/mol. The van der Waals surface area contributed by atoms with Crippen LogP contribution < -0.4 is 10.3 Å². The van der Waals surface area contributed by atoms with Crippen LogP contribution in [0.1, 0.15) is 11.1 Å². The normalized spacial score (nSPS) is 10.9. The lowest BCUT2D eigenvalue weighted by Crippen LogP contribution is -2.22. The molecule has 0 fully saturated rings. The summed E-state index contributed by atoms with van der Waals surface area (Å²) in [7, 11) is 3.08. The molecule has 0 saturated carbocycles. The highest BCUT2D eigenvalue weighted by atomic mass is 16.5. The highest BCUT2D eigenvalue weighted by Gasteiger charge is 2.11. The molecule has 0 aliphatic rings. The van der Waals surface area contributed by atoms with E-state index in [2.05, 4.69) is 5.10 Å². The molecule has 0 spiro atoms. The van der Waals surface area contributed by atoms with Crippen molar-refractivity contribution < 1.29 is 14.6 Å². The van der Waals surface area contributed by atoms with Gasteiger partial charge in [-0.15, -0.1) is 0 Å². The Balaban J connectivity index is 2.65. The third-order valence-corrected chi connectivity index (χ3v) is 3.13. The summed E-state index contributed by atoms with van der Waals surface area (Å²) in [6.07, 6.45) is 2.19. The van der Waals surface area contributed by atoms with Crippen LogP contribution in [-0.4, -0.2) is 28.0 Å². The highest BCUT2D eigenvalue weighted by Crippen LogP contribution is 2.29. The van der Waals surface area contributed by atoms with Crippen molar-refractivity contribution in [3.05, 3.63) is 51.8 Å². The van der Waals surface area contributed by atoms with E-state index in [1.54, 1.807) is 13.2 Å². The summed E-state index contributed by atoms with van der Waals surface area (Å²) in [4.78, 5) is 22.6. The van der Waals surface area contributed by atoms with E-state index in [1.807, 2.05) is 25.1 Å². The Morgan fingerprint density at radius 2 is 2.09 bits per heavy atom. The Kier molecular flexibility index (Phi) is 4.41. The molecular weight excluding hydrogens is 284 g/mol. The number of aliphatic carboxylic acids is 1. The molecular formula is C16H16N2O4. The maximum absolute atomic E-state index is 12.0. The first-order valence-electron chi connectivity index (χ1n) is 6.56. The van der Waals surface area contributed by atoms with Gasteiger partial charge in [-0.25, -0.2) is 9.48 Å². The third-order valence-electron chi connectivity index (χ3n) is 3.13. The van der Waals surface area contributed by atoms with Gasteiger partial charge in [0.15, 0.2) is 0 Å². The first-order chi connectivity index (χ1) is 10.4. The predicted octanol–water partition coefficient (Wildman–Crippen LogP) is 1.86. The molecule has 0 radical (unpaired) electrons. The summed E-state index contributed by atoms with van der Waals surface area (Å²) in [5.74, 6) is -0.488. The summed E-state index contributed by atoms with van der Waals surface area (Å²) < 4.78 is 6.50. The molecule has 6 nitrogen and oxygen atoms in total. The van der Waals surface area contributed by atoms with Crippen LogP contribution in [0.15, 0.2) is 35.1 Å². The number of aryl methyl sites for hydroxylation is 2. The Morgan fingerprint density at radius 3 is 2.73 bits per heavy atom. The maximum atomic E-state index is 12.0. The number of aromatic nitrogens is 2. The minimum absolute atomic E-state index is 0.249. The topological polar surface area (TPSA) is 81.4 Å². The quantitative estimate of drug-likeness (QED) is 0.872. The van der Waals surface area contributed by atoms with Gasteiger partial charge in [-0.3, -0.25) is 4.79 Å². The average Bonchev–Trinajstić information content (AvgIpc) is 2.48. The van der Waals surface area contributed by atoms with E-state index in [0.717, 1.165) is 17.2 Å². The van der Waals surface area contributed by atoms with Gasteiger partial charge in [0, 0.05) is 24.3 Å². The fourth-order valence-electron chi connectivity index (χ4n) is 2.07. The first-order valence-corrected chi connectivity index (χ1v) is 6.56. The maximum Gasteiger partial charge on any atom is 0.328 e. The fourth-order valence-corrected chi connectivity index (χ4v) is 2.07. The summed E-state index contributed by atoms with van der Waals surface area (Å²) in [6.45, 7) is 1.94. The van der Waals surface area contributed by atoms with Crippen molar-refractivity contribution in [2.75, 3.05) is 7.11 Å². The van der Waals surface area contributed by atoms with Crippen LogP contribution in [0.3, 0.4) is 0 Å². The fraction of sp³-hybridized carbons (Fsp3) is 0.188. The van der Waals surface area contributed by atoms with Crippen molar-refractivity contribution in [1.29, 1.82) is 0 Å². The summed E-state index contributed by atoms with van der Waals surface area (Å²) in [5.41, 5.74) is 2.18. The van der Waals surface area contributed by atoms with Gasteiger partial charge in [0.2, 0.25) is 0 Å². The van der Waals surface area contributed by atoms with Crippen LogP contribution in [-0.2, 0) is 11.8 Å². The van der Waals surface area contributed by atoms with Crippen LogP contribution >= 0.6 is 0 Å². The number of methoxy groups -OCH3 is 1. The number of benzene rings is 1. The van der Waals surface area contributed by atoms with E-state index in [9.17, 15) is 9.59 Å². The van der Waals surface area contributed by atoms with Crippen molar-refractivity contribution in [1.82, 2.24) is 9.78 Å². The van der Waals surface area contributed by atoms with Gasteiger partial charge in [-0.05, 0) is 31.2 Å². The first kappa shape index (κ1) is 15.5. The lowest BCUT2D eigenvalue weighted by Gasteiger charge is -2.10. The molecule has 0 atom stereocenters. The van der Waals surface area contributed by atoms with Gasteiger partial charge < -0.3 is 9.84 Å². The zero-order chi connectivity index (χ0) is 16.3. The van der Waals surface area contributed by atoms with Crippen LogP contribution in [0, 0.1) is 6.92 Å². The second kappa shape index (κ2) is 6.26. The molecule has 22 heavy (non-hydrogen) atoms. The Bertz CT molecular complexity index is 806. The van der Waals surface area contributed by atoms with E-state index in [-0.39, 0.29) is 11.1 Å². The molecule has 0 aliphatic carbocycles. The number of nitrogens with zero attached hydrogens (tertiary/aromatic N) is 2. The number of rotatable bonds is 4. The van der Waals surface area contributed by atoms with Gasteiger partial charge in [-0.1, -0.05) is 11.6 Å². The average molecular weight is 300 g/mol. The standard InChI is InChI=1S/C16H16N2O4/c1-10-4-6-14(22-3)12(8-10)13-9-11(5-7-15(19)20)16(21)18(2)17-13/h4-9H,1-3H3,(H,19,20)/b7-5+. The molecule has 2 rings (SSSR count).